The van der Waals surface area contributed by atoms with E-state index in [1.165, 1.54) is 6.26 Å². The molecule has 0 spiro atoms. The van der Waals surface area contributed by atoms with Crippen molar-refractivity contribution in [3.05, 3.63) is 24.2 Å². The van der Waals surface area contributed by atoms with E-state index in [0.717, 1.165) is 0 Å². The number of Topliss-reactive ketones (excluding diaryl/α,β-unsaturated/α-hetero) is 1. The van der Waals surface area contributed by atoms with E-state index in [1.54, 1.807) is 12.1 Å². The van der Waals surface area contributed by atoms with Gasteiger partial charge in [0.1, 0.15) is 6.10 Å². The minimum absolute atomic E-state index is 0.215. The van der Waals surface area contributed by atoms with Crippen LogP contribution >= 0.6 is 34.8 Å². The molecule has 1 aliphatic heterocycles. The molecule has 0 amide bonds. The van der Waals surface area contributed by atoms with Crippen molar-refractivity contribution in [1.29, 1.82) is 0 Å². The molecule has 1 aromatic rings. The van der Waals surface area contributed by atoms with Crippen LogP contribution in [0.15, 0.2) is 22.8 Å². The highest BCUT2D eigenvalue weighted by molar-refractivity contribution is 6.68. The molecule has 1 fully saturated rings. The number of hydrogen-bond acceptors (Lipinski definition) is 3. The first-order chi connectivity index (χ1) is 6.50. The summed E-state index contributed by atoms with van der Waals surface area (Å²) in [4.78, 5) is 11.5. The number of alkyl halides is 3. The van der Waals surface area contributed by atoms with Crippen molar-refractivity contribution in [3.63, 3.8) is 0 Å². The van der Waals surface area contributed by atoms with Crippen LogP contribution in [0.25, 0.3) is 0 Å². The second-order valence-corrected chi connectivity index (χ2v) is 5.23. The molecule has 0 unspecified atom stereocenters. The van der Waals surface area contributed by atoms with Crippen molar-refractivity contribution in [2.75, 3.05) is 0 Å². The van der Waals surface area contributed by atoms with Gasteiger partial charge in [0.15, 0.2) is 11.9 Å². The van der Waals surface area contributed by atoms with Gasteiger partial charge in [0.25, 0.3) is 0 Å². The molecule has 0 radical (unpaired) electrons. The lowest BCUT2D eigenvalue weighted by molar-refractivity contribution is 0.0926. The Balaban J connectivity index is 2.04. The smallest absolute Gasteiger partial charge is 0.229 e. The number of epoxide rings is 1. The molecule has 0 bridgehead atoms. The molecule has 14 heavy (non-hydrogen) atoms. The first-order valence-electron chi connectivity index (χ1n) is 3.80. The van der Waals surface area contributed by atoms with Crippen LogP contribution in [0.4, 0.5) is 0 Å². The number of hydrogen-bond donors (Lipinski definition) is 0. The summed E-state index contributed by atoms with van der Waals surface area (Å²) in [5.74, 6) is -0.0851. The Morgan fingerprint density at radius 3 is 2.57 bits per heavy atom. The summed E-state index contributed by atoms with van der Waals surface area (Å²) < 4.78 is 8.30. The number of rotatable bonds is 2. The van der Waals surface area contributed by atoms with E-state index in [2.05, 4.69) is 0 Å². The minimum atomic E-state index is -1.56. The van der Waals surface area contributed by atoms with Gasteiger partial charge in [-0.05, 0) is 12.1 Å². The predicted molar refractivity (Wildman–Crippen MR) is 52.0 cm³/mol. The normalized spacial score (nSPS) is 26.2. The van der Waals surface area contributed by atoms with Gasteiger partial charge in [-0.2, -0.15) is 0 Å². The molecule has 3 nitrogen and oxygen atoms in total. The Kier molecular flexibility index (Phi) is 2.52. The van der Waals surface area contributed by atoms with E-state index in [9.17, 15) is 4.79 Å². The van der Waals surface area contributed by atoms with Crippen LogP contribution in [0.1, 0.15) is 10.6 Å². The quantitative estimate of drug-likeness (QED) is 0.463. The first kappa shape index (κ1) is 10.3. The molecule has 0 aromatic carbocycles. The summed E-state index contributed by atoms with van der Waals surface area (Å²) in [7, 11) is 0. The van der Waals surface area contributed by atoms with Gasteiger partial charge < -0.3 is 9.15 Å². The van der Waals surface area contributed by atoms with Gasteiger partial charge in [0.05, 0.1) is 6.26 Å². The van der Waals surface area contributed by atoms with Gasteiger partial charge in [-0.15, -0.1) is 0 Å². The highest BCUT2D eigenvalue weighted by Gasteiger charge is 2.57. The summed E-state index contributed by atoms with van der Waals surface area (Å²) in [6.07, 6.45) is 0.0266. The highest BCUT2D eigenvalue weighted by atomic mass is 35.6. The molecule has 2 rings (SSSR count). The molecule has 0 aliphatic carbocycles. The molecule has 6 heteroatoms. The van der Waals surface area contributed by atoms with Crippen LogP contribution in [0, 0.1) is 0 Å². The fraction of sp³-hybridized carbons (Fsp3) is 0.375. The molecule has 76 valence electrons. The van der Waals surface area contributed by atoms with Crippen molar-refractivity contribution in [2.24, 2.45) is 0 Å². The fourth-order valence-corrected chi connectivity index (χ4v) is 1.62. The Hall–Kier alpha value is -0.220. The molecule has 2 heterocycles. The molecule has 1 aliphatic rings. The van der Waals surface area contributed by atoms with Gasteiger partial charge in [0, 0.05) is 0 Å². The van der Waals surface area contributed by atoms with Gasteiger partial charge in [-0.3, -0.25) is 4.79 Å². The zero-order chi connectivity index (χ0) is 10.3. The van der Waals surface area contributed by atoms with Gasteiger partial charge in [-0.25, -0.2) is 0 Å². The second-order valence-electron chi connectivity index (χ2n) is 2.86. The molecular weight excluding hydrogens is 250 g/mol. The van der Waals surface area contributed by atoms with E-state index >= 15 is 0 Å². The molecule has 1 aromatic heterocycles. The van der Waals surface area contributed by atoms with Crippen LogP contribution in [-0.4, -0.2) is 21.8 Å². The maximum atomic E-state index is 11.5. The average Bonchev–Trinajstić information content (AvgIpc) is 2.72. The van der Waals surface area contributed by atoms with E-state index in [-0.39, 0.29) is 11.5 Å². The molecular formula is C8H5Cl3O3. The Labute approximate surface area is 94.9 Å². The maximum absolute atomic E-state index is 11.5. The van der Waals surface area contributed by atoms with E-state index < -0.39 is 16.0 Å². The molecule has 0 saturated carbocycles. The van der Waals surface area contributed by atoms with Crippen LogP contribution in [0.5, 0.6) is 0 Å². The summed E-state index contributed by atoms with van der Waals surface area (Å²) in [5.41, 5.74) is 0. The Bertz CT molecular complexity index is 341. The third kappa shape index (κ3) is 1.91. The second kappa shape index (κ2) is 3.42. The summed E-state index contributed by atoms with van der Waals surface area (Å²) in [6.45, 7) is 0. The van der Waals surface area contributed by atoms with E-state index in [0.29, 0.717) is 0 Å². The van der Waals surface area contributed by atoms with Crippen molar-refractivity contribution in [1.82, 2.24) is 0 Å². The Morgan fingerprint density at radius 1 is 1.43 bits per heavy atom. The number of ketones is 1. The lowest BCUT2D eigenvalue weighted by Crippen LogP contribution is -2.19. The predicted octanol–water partition coefficient (Wildman–Crippen LogP) is 2.60. The minimum Gasteiger partial charge on any atom is -0.461 e. The van der Waals surface area contributed by atoms with Crippen LogP contribution in [0.3, 0.4) is 0 Å². The summed E-state index contributed by atoms with van der Waals surface area (Å²) in [6, 6.07) is 3.15. The van der Waals surface area contributed by atoms with Gasteiger partial charge >= 0.3 is 0 Å². The fourth-order valence-electron chi connectivity index (χ4n) is 1.12. The molecule has 1 saturated heterocycles. The lowest BCUT2D eigenvalue weighted by atomic mass is 10.2. The average molecular weight is 255 g/mol. The summed E-state index contributed by atoms with van der Waals surface area (Å²) >= 11 is 16.7. The highest BCUT2D eigenvalue weighted by Crippen LogP contribution is 2.44. The third-order valence-electron chi connectivity index (χ3n) is 1.84. The third-order valence-corrected chi connectivity index (χ3v) is 2.48. The first-order valence-corrected chi connectivity index (χ1v) is 4.93. The molecule has 2 atom stereocenters. The monoisotopic (exact) mass is 254 g/mol. The van der Waals surface area contributed by atoms with Gasteiger partial charge in [-0.1, -0.05) is 34.8 Å². The number of halogens is 3. The number of carbonyl (C=O) groups excluding carboxylic acids is 1. The zero-order valence-electron chi connectivity index (χ0n) is 6.75. The number of furan rings is 1. The van der Waals surface area contributed by atoms with Crippen LogP contribution in [0.2, 0.25) is 0 Å². The lowest BCUT2D eigenvalue weighted by Gasteiger charge is -2.04. The van der Waals surface area contributed by atoms with Crippen molar-refractivity contribution >= 4 is 40.6 Å². The topological polar surface area (TPSA) is 42.7 Å². The van der Waals surface area contributed by atoms with Crippen molar-refractivity contribution in [2.45, 2.75) is 16.0 Å². The number of carbonyl (C=O) groups is 1. The SMILES string of the molecule is O=C(c1ccco1)[C@H]1O[C@@H]1C(Cl)(Cl)Cl. The maximum Gasteiger partial charge on any atom is 0.229 e. The van der Waals surface area contributed by atoms with E-state index in [4.69, 9.17) is 44.0 Å². The van der Waals surface area contributed by atoms with Crippen molar-refractivity contribution in [3.8, 4) is 0 Å². The van der Waals surface area contributed by atoms with Gasteiger partial charge in [0.2, 0.25) is 9.58 Å². The van der Waals surface area contributed by atoms with Crippen LogP contribution in [-0.2, 0) is 4.74 Å². The number of ether oxygens (including phenoxy) is 1. The van der Waals surface area contributed by atoms with Crippen molar-refractivity contribution < 1.29 is 13.9 Å². The van der Waals surface area contributed by atoms with E-state index in [1.807, 2.05) is 0 Å². The summed E-state index contributed by atoms with van der Waals surface area (Å²) in [5, 5.41) is 0. The standard InChI is InChI=1S/C8H5Cl3O3/c9-8(10,11)7-6(14-7)5(12)4-2-1-3-13-4/h1-3,6-7H/t6-,7+/m1/s1. The van der Waals surface area contributed by atoms with Crippen LogP contribution < -0.4 is 0 Å². The largest absolute Gasteiger partial charge is 0.461 e. The molecule has 0 N–H and O–H groups in total. The zero-order valence-corrected chi connectivity index (χ0v) is 9.01. The Morgan fingerprint density at radius 2 is 2.14 bits per heavy atom.